The second-order valence-corrected chi connectivity index (χ2v) is 4.47. The van der Waals surface area contributed by atoms with Gasteiger partial charge >= 0.3 is 0 Å². The Morgan fingerprint density at radius 3 is 2.76 bits per heavy atom. The van der Waals surface area contributed by atoms with Crippen LogP contribution >= 0.6 is 0 Å². The Hall–Kier alpha value is -1.42. The molecule has 0 saturated carbocycles. The lowest BCUT2D eigenvalue weighted by molar-refractivity contribution is 0.118. The number of anilines is 2. The first-order valence-electron chi connectivity index (χ1n) is 5.91. The zero-order valence-electron chi connectivity index (χ0n) is 10.6. The molecule has 1 heterocycles. The molecule has 2 N–H and O–H groups in total. The molecule has 2 atom stereocenters. The monoisotopic (exact) mass is 236 g/mol. The number of benzene rings is 1. The highest BCUT2D eigenvalue weighted by Gasteiger charge is 2.28. The fourth-order valence-electron chi connectivity index (χ4n) is 2.39. The molecular weight excluding hydrogens is 216 g/mol. The van der Waals surface area contributed by atoms with Crippen molar-refractivity contribution < 1.29 is 9.47 Å². The van der Waals surface area contributed by atoms with Crippen LogP contribution in [0.25, 0.3) is 0 Å². The van der Waals surface area contributed by atoms with Gasteiger partial charge in [0.25, 0.3) is 0 Å². The van der Waals surface area contributed by atoms with Crippen LogP contribution in [0.2, 0.25) is 0 Å². The Morgan fingerprint density at radius 2 is 2.24 bits per heavy atom. The maximum atomic E-state index is 6.05. The summed E-state index contributed by atoms with van der Waals surface area (Å²) in [5, 5.41) is 0. The predicted molar refractivity (Wildman–Crippen MR) is 69.6 cm³/mol. The van der Waals surface area contributed by atoms with Crippen LogP contribution in [0.5, 0.6) is 5.75 Å². The molecule has 1 aliphatic heterocycles. The van der Waals surface area contributed by atoms with Crippen LogP contribution in [0, 0.1) is 0 Å². The Bertz CT molecular complexity index is 395. The summed E-state index contributed by atoms with van der Waals surface area (Å²) >= 11 is 0. The van der Waals surface area contributed by atoms with Gasteiger partial charge in [-0.25, -0.2) is 0 Å². The molecule has 1 aromatic rings. The molecule has 1 aliphatic rings. The molecule has 0 aliphatic carbocycles. The van der Waals surface area contributed by atoms with Gasteiger partial charge in [0, 0.05) is 19.7 Å². The third-order valence-corrected chi connectivity index (χ3v) is 3.45. The van der Waals surface area contributed by atoms with E-state index in [0.717, 1.165) is 30.2 Å². The number of hydrogen-bond donors (Lipinski definition) is 1. The summed E-state index contributed by atoms with van der Waals surface area (Å²) in [7, 11) is 3.71. The average molecular weight is 236 g/mol. The van der Waals surface area contributed by atoms with E-state index in [1.807, 2.05) is 18.2 Å². The van der Waals surface area contributed by atoms with Gasteiger partial charge in [-0.2, -0.15) is 0 Å². The van der Waals surface area contributed by atoms with Gasteiger partial charge in [-0.1, -0.05) is 0 Å². The van der Waals surface area contributed by atoms with Crippen LogP contribution in [-0.4, -0.2) is 32.9 Å². The molecule has 1 saturated heterocycles. The third kappa shape index (κ3) is 2.31. The number of likely N-dealkylation sites (N-methyl/N-ethyl adjacent to an activating group) is 1. The lowest BCUT2D eigenvalue weighted by Gasteiger charge is -2.29. The number of nitrogens with zero attached hydrogens (tertiary/aromatic N) is 1. The lowest BCUT2D eigenvalue weighted by Crippen LogP contribution is -2.37. The summed E-state index contributed by atoms with van der Waals surface area (Å²) in [5.41, 5.74) is 7.83. The smallest absolute Gasteiger partial charge is 0.121 e. The maximum Gasteiger partial charge on any atom is 0.121 e. The van der Waals surface area contributed by atoms with Crippen molar-refractivity contribution in [3.8, 4) is 5.75 Å². The highest BCUT2D eigenvalue weighted by atomic mass is 16.5. The summed E-state index contributed by atoms with van der Waals surface area (Å²) in [6.07, 6.45) is 1.30. The number of hydrogen-bond acceptors (Lipinski definition) is 4. The van der Waals surface area contributed by atoms with E-state index in [4.69, 9.17) is 15.2 Å². The van der Waals surface area contributed by atoms with Crippen LogP contribution in [-0.2, 0) is 4.74 Å². The van der Waals surface area contributed by atoms with E-state index in [-0.39, 0.29) is 6.10 Å². The highest BCUT2D eigenvalue weighted by Crippen LogP contribution is 2.31. The van der Waals surface area contributed by atoms with Crippen molar-refractivity contribution in [3.63, 3.8) is 0 Å². The van der Waals surface area contributed by atoms with Crippen LogP contribution < -0.4 is 15.4 Å². The van der Waals surface area contributed by atoms with Crippen LogP contribution in [0.3, 0.4) is 0 Å². The lowest BCUT2D eigenvalue weighted by atomic mass is 10.1. The summed E-state index contributed by atoms with van der Waals surface area (Å²) in [4.78, 5) is 2.20. The first-order chi connectivity index (χ1) is 8.13. The SMILES string of the molecule is COc1ccc(N(C)C2CCOC2C)c(N)c1. The van der Waals surface area contributed by atoms with Crippen molar-refractivity contribution in [2.24, 2.45) is 0 Å². The second-order valence-electron chi connectivity index (χ2n) is 4.47. The van der Waals surface area contributed by atoms with Gasteiger partial charge < -0.3 is 20.1 Å². The molecule has 17 heavy (non-hydrogen) atoms. The molecule has 0 spiro atoms. The highest BCUT2D eigenvalue weighted by molar-refractivity contribution is 5.69. The first-order valence-corrected chi connectivity index (χ1v) is 5.91. The molecule has 0 radical (unpaired) electrons. The van der Waals surface area contributed by atoms with Crippen molar-refractivity contribution in [2.75, 3.05) is 31.4 Å². The second kappa shape index (κ2) is 4.84. The van der Waals surface area contributed by atoms with Crippen LogP contribution in [0.1, 0.15) is 13.3 Å². The Kier molecular flexibility index (Phi) is 3.43. The van der Waals surface area contributed by atoms with Gasteiger partial charge in [0.15, 0.2) is 0 Å². The van der Waals surface area contributed by atoms with Gasteiger partial charge in [0.2, 0.25) is 0 Å². The van der Waals surface area contributed by atoms with E-state index >= 15 is 0 Å². The molecule has 4 heteroatoms. The topological polar surface area (TPSA) is 47.7 Å². The number of methoxy groups -OCH3 is 1. The molecular formula is C13H20N2O2. The number of nitrogens with two attached hydrogens (primary N) is 1. The Labute approximate surface area is 102 Å². The minimum absolute atomic E-state index is 0.251. The summed E-state index contributed by atoms with van der Waals surface area (Å²) in [5.74, 6) is 0.787. The number of rotatable bonds is 3. The normalized spacial score (nSPS) is 23.7. The quantitative estimate of drug-likeness (QED) is 0.814. The van der Waals surface area contributed by atoms with Crippen molar-refractivity contribution in [2.45, 2.75) is 25.5 Å². The largest absolute Gasteiger partial charge is 0.497 e. The first kappa shape index (κ1) is 12.0. The zero-order chi connectivity index (χ0) is 12.4. The predicted octanol–water partition coefficient (Wildman–Crippen LogP) is 1.89. The van der Waals surface area contributed by atoms with E-state index in [2.05, 4.69) is 18.9 Å². The van der Waals surface area contributed by atoms with Crippen molar-refractivity contribution in [1.29, 1.82) is 0 Å². The fourth-order valence-corrected chi connectivity index (χ4v) is 2.39. The summed E-state index contributed by atoms with van der Waals surface area (Å²) < 4.78 is 10.7. The Morgan fingerprint density at radius 1 is 1.47 bits per heavy atom. The van der Waals surface area contributed by atoms with Crippen LogP contribution in [0.4, 0.5) is 11.4 Å². The van der Waals surface area contributed by atoms with Crippen LogP contribution in [0.15, 0.2) is 18.2 Å². The van der Waals surface area contributed by atoms with E-state index in [9.17, 15) is 0 Å². The molecule has 1 fully saturated rings. The van der Waals surface area contributed by atoms with Crippen molar-refractivity contribution in [3.05, 3.63) is 18.2 Å². The minimum Gasteiger partial charge on any atom is -0.497 e. The third-order valence-electron chi connectivity index (χ3n) is 3.45. The zero-order valence-corrected chi connectivity index (χ0v) is 10.6. The standard InChI is InChI=1S/C13H20N2O2/c1-9-12(6-7-17-9)15(2)13-5-4-10(16-3)8-11(13)14/h4-5,8-9,12H,6-7,14H2,1-3H3. The fraction of sp³-hybridized carbons (Fsp3) is 0.538. The van der Waals surface area contributed by atoms with Gasteiger partial charge in [0.1, 0.15) is 5.75 Å². The molecule has 94 valence electrons. The molecule has 2 rings (SSSR count). The maximum absolute atomic E-state index is 6.05. The van der Waals surface area contributed by atoms with Gasteiger partial charge in [-0.15, -0.1) is 0 Å². The molecule has 2 unspecified atom stereocenters. The molecule has 0 aromatic heterocycles. The average Bonchev–Trinajstić information content (AvgIpc) is 2.74. The van der Waals surface area contributed by atoms with Gasteiger partial charge in [-0.05, 0) is 25.5 Å². The van der Waals surface area contributed by atoms with E-state index < -0.39 is 0 Å². The van der Waals surface area contributed by atoms with Gasteiger partial charge in [0.05, 0.1) is 30.6 Å². The van der Waals surface area contributed by atoms with E-state index in [1.165, 1.54) is 0 Å². The van der Waals surface area contributed by atoms with Gasteiger partial charge in [-0.3, -0.25) is 0 Å². The van der Waals surface area contributed by atoms with E-state index in [0.29, 0.717) is 6.04 Å². The number of nitrogen functional groups attached to an aromatic ring is 1. The molecule has 0 amide bonds. The number of ether oxygens (including phenoxy) is 2. The molecule has 1 aromatic carbocycles. The van der Waals surface area contributed by atoms with Crippen molar-refractivity contribution >= 4 is 11.4 Å². The minimum atomic E-state index is 0.251. The summed E-state index contributed by atoms with van der Waals surface area (Å²) in [6, 6.07) is 6.18. The van der Waals surface area contributed by atoms with E-state index in [1.54, 1.807) is 7.11 Å². The molecule has 4 nitrogen and oxygen atoms in total. The molecule has 0 bridgehead atoms. The Balaban J connectivity index is 2.21. The summed E-state index contributed by atoms with van der Waals surface area (Å²) in [6.45, 7) is 2.93. The van der Waals surface area contributed by atoms with Crippen molar-refractivity contribution in [1.82, 2.24) is 0 Å².